The lowest BCUT2D eigenvalue weighted by Gasteiger charge is -2.16. The van der Waals surface area contributed by atoms with E-state index in [1.54, 1.807) is 31.3 Å². The number of aryl methyl sites for hydroxylation is 2. The van der Waals surface area contributed by atoms with Crippen molar-refractivity contribution in [2.24, 2.45) is 0 Å². The van der Waals surface area contributed by atoms with Crippen LogP contribution in [0.15, 0.2) is 42.5 Å². The quantitative estimate of drug-likeness (QED) is 0.808. The minimum absolute atomic E-state index is 0.138. The van der Waals surface area contributed by atoms with E-state index in [2.05, 4.69) is 22.0 Å². The van der Waals surface area contributed by atoms with Crippen LogP contribution in [0.25, 0.3) is 0 Å². The number of hydrogen-bond acceptors (Lipinski definition) is 2. The molecule has 0 aromatic heterocycles. The topological polar surface area (TPSA) is 70.2 Å². The fourth-order valence-electron chi connectivity index (χ4n) is 2.95. The van der Waals surface area contributed by atoms with Crippen molar-refractivity contribution in [2.75, 3.05) is 17.7 Å². The van der Waals surface area contributed by atoms with Crippen molar-refractivity contribution in [3.05, 3.63) is 59.2 Å². The molecule has 3 rings (SSSR count). The number of fused-ring (bicyclic) bond motifs is 1. The van der Waals surface area contributed by atoms with Gasteiger partial charge in [-0.1, -0.05) is 12.1 Å². The van der Waals surface area contributed by atoms with Crippen molar-refractivity contribution in [3.8, 4) is 0 Å². The summed E-state index contributed by atoms with van der Waals surface area (Å²) < 4.78 is 0. The van der Waals surface area contributed by atoms with Gasteiger partial charge in [-0.15, -0.1) is 0 Å². The number of amides is 3. The summed E-state index contributed by atoms with van der Waals surface area (Å²) in [5.74, 6) is -0.138. The molecule has 1 aliphatic rings. The number of hydrogen-bond donors (Lipinski definition) is 3. The fourth-order valence-corrected chi connectivity index (χ4v) is 2.95. The zero-order chi connectivity index (χ0) is 16.9. The number of rotatable bonds is 3. The zero-order valence-corrected chi connectivity index (χ0v) is 13.7. The van der Waals surface area contributed by atoms with Crippen LogP contribution in [0.1, 0.15) is 34.3 Å². The second kappa shape index (κ2) is 7.17. The molecule has 0 bridgehead atoms. The van der Waals surface area contributed by atoms with Crippen LogP contribution in [0.4, 0.5) is 16.2 Å². The summed E-state index contributed by atoms with van der Waals surface area (Å²) in [5.41, 5.74) is 4.57. The van der Waals surface area contributed by atoms with Crippen molar-refractivity contribution in [1.82, 2.24) is 5.32 Å². The lowest BCUT2D eigenvalue weighted by molar-refractivity contribution is 0.102. The Morgan fingerprint density at radius 1 is 0.875 bits per heavy atom. The molecule has 124 valence electrons. The second-order valence-corrected chi connectivity index (χ2v) is 5.93. The Labute approximate surface area is 141 Å². The molecule has 3 N–H and O–H groups in total. The summed E-state index contributed by atoms with van der Waals surface area (Å²) in [7, 11) is 1.55. The van der Waals surface area contributed by atoms with Gasteiger partial charge in [0.2, 0.25) is 0 Å². The Kier molecular flexibility index (Phi) is 4.79. The predicted octanol–water partition coefficient (Wildman–Crippen LogP) is 3.57. The van der Waals surface area contributed by atoms with Crippen molar-refractivity contribution >= 4 is 23.3 Å². The Balaban J connectivity index is 1.73. The van der Waals surface area contributed by atoms with E-state index in [4.69, 9.17) is 0 Å². The Hall–Kier alpha value is -2.82. The number of carbonyl (C=O) groups excluding carboxylic acids is 2. The highest BCUT2D eigenvalue weighted by atomic mass is 16.2. The van der Waals surface area contributed by atoms with Crippen LogP contribution in [0, 0.1) is 0 Å². The Bertz CT molecular complexity index is 771. The van der Waals surface area contributed by atoms with E-state index in [9.17, 15) is 9.59 Å². The molecule has 0 radical (unpaired) electrons. The highest BCUT2D eigenvalue weighted by Crippen LogP contribution is 2.23. The molecule has 0 heterocycles. The molecular weight excluding hydrogens is 302 g/mol. The standard InChI is InChI=1S/C19H21N3O2/c1-20-19(24)22-17-8-4-7-16(12-17)21-18(23)15-10-9-13-5-2-3-6-14(13)11-15/h4,7-12H,2-3,5-6H2,1H3,(H,21,23)(H2,20,22,24). The number of carbonyl (C=O) groups is 2. The van der Waals surface area contributed by atoms with Gasteiger partial charge >= 0.3 is 6.03 Å². The first-order valence-electron chi connectivity index (χ1n) is 8.17. The average Bonchev–Trinajstić information content (AvgIpc) is 2.61. The van der Waals surface area contributed by atoms with Crippen LogP contribution in [0.2, 0.25) is 0 Å². The average molecular weight is 323 g/mol. The van der Waals surface area contributed by atoms with Crippen LogP contribution in [-0.2, 0) is 12.8 Å². The summed E-state index contributed by atoms with van der Waals surface area (Å²) in [5, 5.41) is 8.06. The molecule has 0 spiro atoms. The zero-order valence-electron chi connectivity index (χ0n) is 13.7. The molecule has 5 heteroatoms. The van der Waals surface area contributed by atoms with Gasteiger partial charge < -0.3 is 16.0 Å². The van der Waals surface area contributed by atoms with Gasteiger partial charge in [-0.2, -0.15) is 0 Å². The van der Waals surface area contributed by atoms with Crippen LogP contribution in [-0.4, -0.2) is 19.0 Å². The van der Waals surface area contributed by atoms with Crippen LogP contribution in [0.5, 0.6) is 0 Å². The maximum atomic E-state index is 12.5. The minimum atomic E-state index is -0.298. The van der Waals surface area contributed by atoms with Gasteiger partial charge in [0, 0.05) is 24.0 Å². The second-order valence-electron chi connectivity index (χ2n) is 5.93. The summed E-state index contributed by atoms with van der Waals surface area (Å²) >= 11 is 0. The van der Waals surface area contributed by atoms with Gasteiger partial charge in [0.1, 0.15) is 0 Å². The monoisotopic (exact) mass is 323 g/mol. The molecule has 0 saturated heterocycles. The molecule has 2 aromatic rings. The third kappa shape index (κ3) is 3.74. The molecule has 24 heavy (non-hydrogen) atoms. The van der Waals surface area contributed by atoms with Crippen LogP contribution >= 0.6 is 0 Å². The first-order chi connectivity index (χ1) is 11.7. The van der Waals surface area contributed by atoms with Crippen molar-refractivity contribution in [3.63, 3.8) is 0 Å². The van der Waals surface area contributed by atoms with Crippen LogP contribution in [0.3, 0.4) is 0 Å². The van der Waals surface area contributed by atoms with Gasteiger partial charge in [-0.25, -0.2) is 4.79 Å². The smallest absolute Gasteiger partial charge is 0.318 e. The molecule has 0 atom stereocenters. The molecule has 3 amide bonds. The highest BCUT2D eigenvalue weighted by molar-refractivity contribution is 6.04. The SMILES string of the molecule is CNC(=O)Nc1cccc(NC(=O)c2ccc3c(c2)CCCC3)c1. The van der Waals surface area contributed by atoms with E-state index < -0.39 is 0 Å². The maximum absolute atomic E-state index is 12.5. The molecule has 0 aliphatic heterocycles. The summed E-state index contributed by atoms with van der Waals surface area (Å²) in [4.78, 5) is 23.8. The molecule has 0 fully saturated rings. The Morgan fingerprint density at radius 3 is 2.33 bits per heavy atom. The van der Waals surface area contributed by atoms with Gasteiger partial charge in [-0.05, 0) is 67.1 Å². The van der Waals surface area contributed by atoms with Crippen LogP contribution < -0.4 is 16.0 Å². The van der Waals surface area contributed by atoms with Gasteiger partial charge in [0.25, 0.3) is 5.91 Å². The maximum Gasteiger partial charge on any atom is 0.318 e. The molecule has 1 aliphatic carbocycles. The third-order valence-electron chi connectivity index (χ3n) is 4.22. The van der Waals surface area contributed by atoms with E-state index in [1.807, 2.05) is 12.1 Å². The first-order valence-corrected chi connectivity index (χ1v) is 8.17. The summed E-state index contributed by atoms with van der Waals surface area (Å²) in [6.07, 6.45) is 4.56. The van der Waals surface area contributed by atoms with Crippen molar-refractivity contribution in [1.29, 1.82) is 0 Å². The van der Waals surface area contributed by atoms with E-state index >= 15 is 0 Å². The molecular formula is C19H21N3O2. The number of urea groups is 1. The predicted molar refractivity (Wildman–Crippen MR) is 95.6 cm³/mol. The number of benzene rings is 2. The Morgan fingerprint density at radius 2 is 1.58 bits per heavy atom. The van der Waals surface area contributed by atoms with E-state index in [-0.39, 0.29) is 11.9 Å². The minimum Gasteiger partial charge on any atom is -0.341 e. The molecule has 5 nitrogen and oxygen atoms in total. The summed E-state index contributed by atoms with van der Waals surface area (Å²) in [6, 6.07) is 12.7. The van der Waals surface area contributed by atoms with Gasteiger partial charge in [0.05, 0.1) is 0 Å². The molecule has 2 aromatic carbocycles. The molecule has 0 unspecified atom stereocenters. The number of anilines is 2. The lowest BCUT2D eigenvalue weighted by Crippen LogP contribution is -2.24. The fraction of sp³-hybridized carbons (Fsp3) is 0.263. The van der Waals surface area contributed by atoms with E-state index in [1.165, 1.54) is 24.0 Å². The highest BCUT2D eigenvalue weighted by Gasteiger charge is 2.13. The van der Waals surface area contributed by atoms with E-state index in [0.29, 0.717) is 16.9 Å². The van der Waals surface area contributed by atoms with Gasteiger partial charge in [-0.3, -0.25) is 4.79 Å². The summed E-state index contributed by atoms with van der Waals surface area (Å²) in [6.45, 7) is 0. The normalized spacial score (nSPS) is 12.9. The van der Waals surface area contributed by atoms with Crippen molar-refractivity contribution < 1.29 is 9.59 Å². The first kappa shape index (κ1) is 16.1. The van der Waals surface area contributed by atoms with Crippen molar-refractivity contribution in [2.45, 2.75) is 25.7 Å². The molecule has 0 saturated carbocycles. The number of nitrogens with one attached hydrogen (secondary N) is 3. The van der Waals surface area contributed by atoms with E-state index in [0.717, 1.165) is 12.8 Å². The van der Waals surface area contributed by atoms with Gasteiger partial charge in [0.15, 0.2) is 0 Å². The largest absolute Gasteiger partial charge is 0.341 e. The lowest BCUT2D eigenvalue weighted by atomic mass is 9.90. The third-order valence-corrected chi connectivity index (χ3v) is 4.22.